The Kier molecular flexibility index (Phi) is 7.84. The highest BCUT2D eigenvalue weighted by atomic mass is 19.4. The molecule has 0 saturated carbocycles. The van der Waals surface area contributed by atoms with Gasteiger partial charge in [0, 0.05) is 11.8 Å². The van der Waals surface area contributed by atoms with Crippen molar-refractivity contribution in [3.8, 4) is 5.75 Å². The number of nitrogens with zero attached hydrogens (tertiary/aromatic N) is 1. The van der Waals surface area contributed by atoms with Crippen molar-refractivity contribution in [2.75, 3.05) is 39.1 Å². The van der Waals surface area contributed by atoms with E-state index in [9.17, 15) is 27.6 Å². The molecule has 0 bridgehead atoms. The third-order valence-corrected chi connectivity index (χ3v) is 2.88. The number of ether oxygens (including phenoxy) is 1. The summed E-state index contributed by atoms with van der Waals surface area (Å²) in [6, 6.07) is 5.39. The number of anilines is 1. The topological polar surface area (TPSA) is 99.8 Å². The third-order valence-electron chi connectivity index (χ3n) is 2.88. The summed E-state index contributed by atoms with van der Waals surface area (Å²) in [5.74, 6) is -0.711. The maximum absolute atomic E-state index is 11.9. The Balaban J connectivity index is 2.37. The molecule has 1 aromatic rings. The van der Waals surface area contributed by atoms with Crippen molar-refractivity contribution in [3.05, 3.63) is 24.3 Å². The van der Waals surface area contributed by atoms with Crippen LogP contribution in [0.1, 0.15) is 0 Å². The van der Waals surface area contributed by atoms with E-state index in [1.54, 1.807) is 29.6 Å². The van der Waals surface area contributed by atoms with E-state index in [4.69, 9.17) is 4.74 Å². The van der Waals surface area contributed by atoms with Crippen molar-refractivity contribution in [2.45, 2.75) is 6.18 Å². The first-order valence-electron chi connectivity index (χ1n) is 7.36. The highest BCUT2D eigenvalue weighted by Crippen LogP contribution is 2.16. The van der Waals surface area contributed by atoms with E-state index in [2.05, 4.69) is 5.32 Å². The minimum Gasteiger partial charge on any atom is -0.497 e. The Morgan fingerprint density at radius 3 is 2.42 bits per heavy atom. The van der Waals surface area contributed by atoms with Crippen molar-refractivity contribution >= 4 is 23.5 Å². The molecule has 144 valence electrons. The number of alkyl halides is 3. The lowest BCUT2D eigenvalue weighted by molar-refractivity contribution is -0.125. The van der Waals surface area contributed by atoms with Crippen LogP contribution in [0.4, 0.5) is 23.7 Å². The molecule has 0 aliphatic heterocycles. The Hall–Kier alpha value is -2.82. The van der Waals surface area contributed by atoms with Gasteiger partial charge >= 0.3 is 12.2 Å². The number of urea groups is 1. The fourth-order valence-corrected chi connectivity index (χ4v) is 1.84. The number of halogens is 3. The number of likely N-dealkylation sites (N-methyl/N-ethyl adjacent to an activating group) is 1. The first-order valence-corrected chi connectivity index (χ1v) is 7.36. The van der Waals surface area contributed by atoms with Gasteiger partial charge < -0.3 is 15.4 Å². The van der Waals surface area contributed by atoms with Crippen LogP contribution in [-0.4, -0.2) is 62.7 Å². The number of hydrogen-bond acceptors (Lipinski definition) is 5. The molecule has 0 fully saturated rings. The molecule has 0 aliphatic carbocycles. The molecule has 1 rings (SSSR count). The van der Waals surface area contributed by atoms with E-state index in [0.717, 1.165) is 0 Å². The molecule has 0 radical (unpaired) electrons. The standard InChI is InChI=1S/C15H19F3N4O4/c1-22(8-13(24)21-14(25)19-9-15(16,17)18)7-12(23)20-10-4-3-5-11(6-10)26-2/h3-6H,7-9H2,1-2H3,(H,20,23)(H2,19,21,24,25). The number of amides is 4. The molecule has 0 unspecified atom stereocenters. The van der Waals surface area contributed by atoms with E-state index in [1.807, 2.05) is 0 Å². The molecule has 0 saturated heterocycles. The monoisotopic (exact) mass is 376 g/mol. The highest BCUT2D eigenvalue weighted by molar-refractivity contribution is 5.96. The van der Waals surface area contributed by atoms with Gasteiger partial charge in [-0.2, -0.15) is 13.2 Å². The van der Waals surface area contributed by atoms with E-state index in [1.165, 1.54) is 24.4 Å². The van der Waals surface area contributed by atoms with Gasteiger partial charge in [0.1, 0.15) is 12.3 Å². The van der Waals surface area contributed by atoms with Crippen LogP contribution < -0.4 is 20.7 Å². The number of methoxy groups -OCH3 is 1. The second kappa shape index (κ2) is 9.61. The van der Waals surface area contributed by atoms with Crippen LogP contribution >= 0.6 is 0 Å². The van der Waals surface area contributed by atoms with Gasteiger partial charge in [-0.15, -0.1) is 0 Å². The number of nitrogens with one attached hydrogen (secondary N) is 3. The Morgan fingerprint density at radius 2 is 1.81 bits per heavy atom. The lowest BCUT2D eigenvalue weighted by Gasteiger charge is -2.16. The fraction of sp³-hybridized carbons (Fsp3) is 0.400. The SMILES string of the molecule is COc1cccc(NC(=O)CN(C)CC(=O)NC(=O)NCC(F)(F)F)c1. The Morgan fingerprint density at radius 1 is 1.15 bits per heavy atom. The lowest BCUT2D eigenvalue weighted by Crippen LogP contribution is -2.47. The molecular formula is C15H19F3N4O4. The van der Waals surface area contributed by atoms with Crippen LogP contribution in [0, 0.1) is 0 Å². The van der Waals surface area contributed by atoms with Crippen molar-refractivity contribution < 1.29 is 32.3 Å². The lowest BCUT2D eigenvalue weighted by atomic mass is 10.3. The van der Waals surface area contributed by atoms with E-state index in [0.29, 0.717) is 11.4 Å². The molecule has 8 nitrogen and oxygen atoms in total. The number of hydrogen-bond donors (Lipinski definition) is 3. The van der Waals surface area contributed by atoms with Crippen LogP contribution in [0.15, 0.2) is 24.3 Å². The molecule has 0 aliphatic rings. The smallest absolute Gasteiger partial charge is 0.405 e. The Bertz CT molecular complexity index is 652. The summed E-state index contributed by atoms with van der Waals surface area (Å²) in [4.78, 5) is 35.9. The highest BCUT2D eigenvalue weighted by Gasteiger charge is 2.28. The largest absolute Gasteiger partial charge is 0.497 e. The van der Waals surface area contributed by atoms with Gasteiger partial charge in [-0.1, -0.05) is 6.07 Å². The van der Waals surface area contributed by atoms with Crippen LogP contribution in [0.25, 0.3) is 0 Å². The number of carbonyl (C=O) groups is 3. The van der Waals surface area contributed by atoms with Gasteiger partial charge in [0.2, 0.25) is 11.8 Å². The van der Waals surface area contributed by atoms with Gasteiger partial charge in [0.05, 0.1) is 20.2 Å². The zero-order chi connectivity index (χ0) is 19.7. The molecule has 11 heteroatoms. The van der Waals surface area contributed by atoms with E-state index >= 15 is 0 Å². The van der Waals surface area contributed by atoms with Crippen molar-refractivity contribution in [2.24, 2.45) is 0 Å². The van der Waals surface area contributed by atoms with Gasteiger partial charge in [-0.05, 0) is 19.2 Å². The van der Waals surface area contributed by atoms with Crippen LogP contribution in [0.5, 0.6) is 5.75 Å². The predicted octanol–water partition coefficient (Wildman–Crippen LogP) is 0.954. The number of benzene rings is 1. The van der Waals surface area contributed by atoms with Crippen LogP contribution in [0.3, 0.4) is 0 Å². The summed E-state index contributed by atoms with van der Waals surface area (Å²) in [6.07, 6.45) is -4.57. The van der Waals surface area contributed by atoms with Crippen LogP contribution in [0.2, 0.25) is 0 Å². The van der Waals surface area contributed by atoms with E-state index in [-0.39, 0.29) is 13.1 Å². The van der Waals surface area contributed by atoms with Crippen LogP contribution in [-0.2, 0) is 9.59 Å². The van der Waals surface area contributed by atoms with Crippen molar-refractivity contribution in [1.82, 2.24) is 15.5 Å². The molecule has 3 N–H and O–H groups in total. The summed E-state index contributed by atoms with van der Waals surface area (Å²) in [5, 5.41) is 5.85. The second-order valence-electron chi connectivity index (χ2n) is 5.30. The Labute approximate surface area is 147 Å². The normalized spacial score (nSPS) is 11.0. The molecule has 0 heterocycles. The van der Waals surface area contributed by atoms with Gasteiger partial charge in [0.25, 0.3) is 0 Å². The first kappa shape index (κ1) is 21.2. The number of carbonyl (C=O) groups excluding carboxylic acids is 3. The van der Waals surface area contributed by atoms with Gasteiger partial charge in [-0.3, -0.25) is 19.8 Å². The zero-order valence-electron chi connectivity index (χ0n) is 14.1. The number of imide groups is 1. The fourth-order valence-electron chi connectivity index (χ4n) is 1.84. The van der Waals surface area contributed by atoms with Crippen molar-refractivity contribution in [3.63, 3.8) is 0 Å². The third kappa shape index (κ3) is 8.87. The molecule has 0 spiro atoms. The maximum atomic E-state index is 11.9. The average molecular weight is 376 g/mol. The molecule has 26 heavy (non-hydrogen) atoms. The van der Waals surface area contributed by atoms with Crippen molar-refractivity contribution in [1.29, 1.82) is 0 Å². The second-order valence-corrected chi connectivity index (χ2v) is 5.30. The minimum atomic E-state index is -4.57. The van der Waals surface area contributed by atoms with Gasteiger partial charge in [-0.25, -0.2) is 4.79 Å². The number of rotatable bonds is 7. The zero-order valence-corrected chi connectivity index (χ0v) is 14.1. The van der Waals surface area contributed by atoms with E-state index < -0.39 is 30.6 Å². The summed E-state index contributed by atoms with van der Waals surface area (Å²) in [7, 11) is 2.93. The molecule has 0 aromatic heterocycles. The average Bonchev–Trinajstić information content (AvgIpc) is 2.51. The first-order chi connectivity index (χ1) is 12.1. The molecular weight excluding hydrogens is 357 g/mol. The summed E-state index contributed by atoms with van der Waals surface area (Å²) in [6.45, 7) is -2.08. The summed E-state index contributed by atoms with van der Waals surface area (Å²) >= 11 is 0. The quantitative estimate of drug-likeness (QED) is 0.658. The molecule has 4 amide bonds. The maximum Gasteiger partial charge on any atom is 0.405 e. The summed E-state index contributed by atoms with van der Waals surface area (Å²) in [5.41, 5.74) is 0.499. The minimum absolute atomic E-state index is 0.172. The molecule has 0 atom stereocenters. The van der Waals surface area contributed by atoms with Gasteiger partial charge in [0.15, 0.2) is 0 Å². The predicted molar refractivity (Wildman–Crippen MR) is 86.7 cm³/mol. The summed E-state index contributed by atoms with van der Waals surface area (Å²) < 4.78 is 40.9. The molecule has 1 aromatic carbocycles.